The third-order valence-corrected chi connectivity index (χ3v) is 7.28. The number of hydrogen-bond donors (Lipinski definition) is 3. The van der Waals surface area contributed by atoms with Gasteiger partial charge in [0, 0.05) is 25.0 Å². The highest BCUT2D eigenvalue weighted by Crippen LogP contribution is 2.35. The van der Waals surface area contributed by atoms with Crippen LogP contribution in [0.2, 0.25) is 0 Å². The normalized spacial score (nSPS) is 9.09. The van der Waals surface area contributed by atoms with E-state index in [0.29, 0.717) is 34.1 Å². The van der Waals surface area contributed by atoms with Crippen LogP contribution in [0.3, 0.4) is 0 Å². The van der Waals surface area contributed by atoms with Crippen LogP contribution in [0, 0.1) is 32.3 Å². The Kier molecular flexibility index (Phi) is 22.2. The zero-order chi connectivity index (χ0) is 34.9. The summed E-state index contributed by atoms with van der Waals surface area (Å²) in [5, 5.41) is 8.28. The van der Waals surface area contributed by atoms with Gasteiger partial charge in [0.05, 0.1) is 33.3 Å². The lowest BCUT2D eigenvalue weighted by Crippen LogP contribution is -2.01. The number of carbonyl (C=O) groups excluding carboxylic acids is 3. The minimum Gasteiger partial charge on any atom is -0.398 e. The van der Waals surface area contributed by atoms with Gasteiger partial charge in [0.1, 0.15) is 5.75 Å². The van der Waals surface area contributed by atoms with Crippen molar-refractivity contribution < 1.29 is 23.9 Å². The third-order valence-electron chi connectivity index (χ3n) is 6.09. The molecule has 0 saturated carbocycles. The lowest BCUT2D eigenvalue weighted by Gasteiger charge is -2.13. The van der Waals surface area contributed by atoms with Gasteiger partial charge < -0.3 is 20.9 Å². The number of aliphatic imine (C=N–C) groups is 3. The minimum absolute atomic E-state index is 0.402. The quantitative estimate of drug-likeness (QED) is 0.0369. The fourth-order valence-electron chi connectivity index (χ4n) is 3.56. The van der Waals surface area contributed by atoms with E-state index in [1.54, 1.807) is 69.3 Å². The van der Waals surface area contributed by atoms with Crippen LogP contribution in [-0.4, -0.2) is 38.2 Å². The summed E-state index contributed by atoms with van der Waals surface area (Å²) in [6.07, 6.45) is 11.6. The number of nitrogens with zero attached hydrogens (tertiary/aromatic N) is 4. The second kappa shape index (κ2) is 24.6. The van der Waals surface area contributed by atoms with Gasteiger partial charge in [0.2, 0.25) is 18.2 Å². The second-order valence-corrected chi connectivity index (χ2v) is 10.4. The summed E-state index contributed by atoms with van der Waals surface area (Å²) in [7, 11) is 1.75. The van der Waals surface area contributed by atoms with Crippen LogP contribution in [0.4, 0.5) is 28.4 Å². The molecule has 4 N–H and O–H groups in total. The van der Waals surface area contributed by atoms with Crippen molar-refractivity contribution in [1.29, 1.82) is 5.26 Å². The molecule has 244 valence electrons. The van der Waals surface area contributed by atoms with Crippen molar-refractivity contribution in [2.75, 3.05) is 31.4 Å². The fourth-order valence-corrected chi connectivity index (χ4v) is 4.55. The third kappa shape index (κ3) is 14.9. The van der Waals surface area contributed by atoms with Gasteiger partial charge in [-0.15, -0.1) is 17.0 Å². The zero-order valence-electron chi connectivity index (χ0n) is 26.9. The van der Waals surface area contributed by atoms with Crippen LogP contribution < -0.4 is 16.2 Å². The maximum Gasteiger partial charge on any atom is 0.292 e. The first kappa shape index (κ1) is 41.4. The Bertz CT molecular complexity index is 1590. The van der Waals surface area contributed by atoms with Crippen molar-refractivity contribution in [1.82, 2.24) is 0 Å². The number of thiol groups is 1. The molecule has 0 aliphatic rings. The van der Waals surface area contributed by atoms with Crippen LogP contribution in [0.15, 0.2) is 62.3 Å². The highest BCUT2D eigenvalue weighted by atomic mass is 32.2. The van der Waals surface area contributed by atoms with E-state index in [9.17, 15) is 14.4 Å². The summed E-state index contributed by atoms with van der Waals surface area (Å²) in [6, 6.07) is 11.8. The average Bonchev–Trinajstić information content (AvgIpc) is 3.04. The van der Waals surface area contributed by atoms with Gasteiger partial charge >= 0.3 is 0 Å². The van der Waals surface area contributed by atoms with E-state index in [-0.39, 0.29) is 0 Å². The molecule has 0 spiro atoms. The molecule has 0 aliphatic carbocycles. The van der Waals surface area contributed by atoms with Gasteiger partial charge in [-0.1, -0.05) is 38.0 Å². The fraction of sp³-hybridized carbons (Fsp3) is 0.333. The summed E-state index contributed by atoms with van der Waals surface area (Å²) in [5.41, 5.74) is 18.3. The van der Waals surface area contributed by atoms with E-state index in [1.165, 1.54) is 43.6 Å². The van der Waals surface area contributed by atoms with Crippen LogP contribution in [0.5, 0.6) is 5.75 Å². The number of unbranched alkanes of at least 4 members (excludes halogenated alkanes) is 2. The Morgan fingerprint density at radius 2 is 1.54 bits per heavy atom. The molecule has 3 aromatic carbocycles. The molecular formula is C33H40N6O5S2. The van der Waals surface area contributed by atoms with Crippen LogP contribution in [0.1, 0.15) is 48.4 Å². The molecule has 3 rings (SSSR count). The molecule has 3 aromatic rings. The molecule has 13 heteroatoms. The minimum atomic E-state index is 0.402. The maximum absolute atomic E-state index is 10.00. The highest BCUT2D eigenvalue weighted by molar-refractivity contribution is 7.99. The van der Waals surface area contributed by atoms with Crippen LogP contribution in [0.25, 0.3) is 0 Å². The van der Waals surface area contributed by atoms with Crippen molar-refractivity contribution in [3.05, 3.63) is 64.7 Å². The summed E-state index contributed by atoms with van der Waals surface area (Å²) < 4.78 is 9.48. The molecule has 0 aromatic heterocycles. The maximum atomic E-state index is 10.00. The lowest BCUT2D eigenvalue weighted by molar-refractivity contribution is 0.192. The SMILES string of the molecule is CCCCCOC.CSc1c(N)c(C)cc(CS)c1N.Cc1c(N=C=O)cccc1OC#N.Cc1ccc(N=C=O)cc1N=C=O. The largest absolute Gasteiger partial charge is 0.398 e. The molecular weight excluding hydrogens is 625 g/mol. The monoisotopic (exact) mass is 664 g/mol. The smallest absolute Gasteiger partial charge is 0.292 e. The van der Waals surface area contributed by atoms with Gasteiger partial charge in [-0.05, 0) is 74.4 Å². The molecule has 0 radical (unpaired) electrons. The Morgan fingerprint density at radius 1 is 0.891 bits per heavy atom. The van der Waals surface area contributed by atoms with E-state index in [0.717, 1.165) is 39.6 Å². The van der Waals surface area contributed by atoms with Crippen molar-refractivity contribution in [3.8, 4) is 12.0 Å². The number of aryl methyl sites for hydroxylation is 2. The predicted molar refractivity (Wildman–Crippen MR) is 188 cm³/mol. The Morgan fingerprint density at radius 3 is 2.09 bits per heavy atom. The Labute approximate surface area is 280 Å². The number of nitrogen functional groups attached to an aromatic ring is 2. The number of isocyanates is 3. The zero-order valence-corrected chi connectivity index (χ0v) is 28.6. The Balaban J connectivity index is 0.000000601. The van der Waals surface area contributed by atoms with E-state index >= 15 is 0 Å². The van der Waals surface area contributed by atoms with E-state index in [1.807, 2.05) is 19.2 Å². The first-order valence-electron chi connectivity index (χ1n) is 13.9. The number of thioether (sulfide) groups is 1. The van der Waals surface area contributed by atoms with Gasteiger partial charge in [0.25, 0.3) is 6.26 Å². The molecule has 0 amide bonds. The molecule has 0 unspecified atom stereocenters. The van der Waals surface area contributed by atoms with Crippen molar-refractivity contribution in [3.63, 3.8) is 0 Å². The summed E-state index contributed by atoms with van der Waals surface area (Å²) in [6.45, 7) is 8.61. The van der Waals surface area contributed by atoms with Crippen LogP contribution >= 0.6 is 24.4 Å². The topological polar surface area (TPSA) is 183 Å². The van der Waals surface area contributed by atoms with E-state index in [4.69, 9.17) is 21.5 Å². The van der Waals surface area contributed by atoms with Gasteiger partial charge in [-0.25, -0.2) is 14.4 Å². The molecule has 46 heavy (non-hydrogen) atoms. The molecule has 0 atom stereocenters. The number of benzene rings is 3. The number of ether oxygens (including phenoxy) is 2. The number of rotatable bonds is 10. The molecule has 11 nitrogen and oxygen atoms in total. The Hall–Kier alpha value is -4.65. The average molecular weight is 665 g/mol. The number of nitrogens with two attached hydrogens (primary N) is 2. The number of methoxy groups -OCH3 is 1. The number of anilines is 2. The molecule has 0 bridgehead atoms. The summed E-state index contributed by atoms with van der Waals surface area (Å²) in [4.78, 5) is 41.2. The molecule has 0 fully saturated rings. The molecule has 0 heterocycles. The summed E-state index contributed by atoms with van der Waals surface area (Å²) in [5.74, 6) is 1.06. The predicted octanol–water partition coefficient (Wildman–Crippen LogP) is 7.89. The number of hydrogen-bond acceptors (Lipinski definition) is 13. The van der Waals surface area contributed by atoms with Crippen molar-refractivity contribution >= 4 is 71.1 Å². The highest BCUT2D eigenvalue weighted by Gasteiger charge is 2.10. The van der Waals surface area contributed by atoms with Gasteiger partial charge in [-0.2, -0.15) is 27.6 Å². The van der Waals surface area contributed by atoms with E-state index in [2.05, 4.69) is 39.3 Å². The lowest BCUT2D eigenvalue weighted by atomic mass is 10.1. The standard InChI is InChI=1S/2C9H6N2O2.C9H14N2S2.C6H14O/c1-7-2-3-8(10-5-12)4-9(7)11-6-13;1-7-8(11-6-12)3-2-4-9(7)13-5-10;1-5-3-6(4-12)8(11)9(13-2)7(5)10;1-3-4-5-6-7-2/h2*2-4H,1H3;3,12H,4,10-11H2,1-2H3;3-6H2,1-2H3. The van der Waals surface area contributed by atoms with Crippen LogP contribution in [-0.2, 0) is 24.9 Å². The first-order chi connectivity index (χ1) is 22.1. The molecule has 0 saturated heterocycles. The summed E-state index contributed by atoms with van der Waals surface area (Å²) >= 11 is 5.80. The van der Waals surface area contributed by atoms with Crippen molar-refractivity contribution in [2.24, 2.45) is 15.0 Å². The van der Waals surface area contributed by atoms with Gasteiger partial charge in [-0.3, -0.25) is 0 Å². The first-order valence-corrected chi connectivity index (χ1v) is 15.8. The molecule has 0 aliphatic heterocycles. The van der Waals surface area contributed by atoms with E-state index < -0.39 is 0 Å². The van der Waals surface area contributed by atoms with Gasteiger partial charge in [0.15, 0.2) is 0 Å². The number of nitriles is 1. The second-order valence-electron chi connectivity index (χ2n) is 9.24. The van der Waals surface area contributed by atoms with Crippen molar-refractivity contribution in [2.45, 2.75) is 57.6 Å².